The van der Waals surface area contributed by atoms with E-state index in [1.165, 1.54) is 12.8 Å². The van der Waals surface area contributed by atoms with Gasteiger partial charge >= 0.3 is 0 Å². The van der Waals surface area contributed by atoms with Crippen molar-refractivity contribution in [2.45, 2.75) is 45.8 Å². The molecule has 0 saturated heterocycles. The van der Waals surface area contributed by atoms with Crippen molar-refractivity contribution in [1.82, 2.24) is 0 Å². The maximum atomic E-state index is 5.21. The standard InChI is InChI=1S/C8H20O2Si/c1-5-6-7-8-9-10-11(2,3)4/h5-8H2,1-4H3. The molecule has 0 atom stereocenters. The summed E-state index contributed by atoms with van der Waals surface area (Å²) in [7, 11) is -1.44. The summed E-state index contributed by atoms with van der Waals surface area (Å²) in [5.74, 6) is 0. The normalized spacial score (nSPS) is 12.0. The molecule has 0 unspecified atom stereocenters. The summed E-state index contributed by atoms with van der Waals surface area (Å²) >= 11 is 0. The van der Waals surface area contributed by atoms with E-state index in [0.717, 1.165) is 13.0 Å². The summed E-state index contributed by atoms with van der Waals surface area (Å²) in [5.41, 5.74) is 0. The molecule has 0 aliphatic heterocycles. The minimum atomic E-state index is -1.44. The van der Waals surface area contributed by atoms with Crippen molar-refractivity contribution in [3.63, 3.8) is 0 Å². The predicted octanol–water partition coefficient (Wildman–Crippen LogP) is 2.96. The molecule has 0 aromatic heterocycles. The van der Waals surface area contributed by atoms with Gasteiger partial charge in [0.1, 0.15) is 0 Å². The van der Waals surface area contributed by atoms with Gasteiger partial charge in [0.2, 0.25) is 8.32 Å². The SMILES string of the molecule is CCCCCOO[Si](C)(C)C. The van der Waals surface area contributed by atoms with Crippen LogP contribution in [0.15, 0.2) is 0 Å². The second-order valence-electron chi connectivity index (χ2n) is 3.72. The Morgan fingerprint density at radius 1 is 1.09 bits per heavy atom. The number of unbranched alkanes of at least 4 members (excludes halogenated alkanes) is 2. The van der Waals surface area contributed by atoms with Gasteiger partial charge < -0.3 is 0 Å². The molecule has 0 aromatic carbocycles. The van der Waals surface area contributed by atoms with E-state index in [2.05, 4.69) is 26.6 Å². The number of hydrogen-bond acceptors (Lipinski definition) is 2. The monoisotopic (exact) mass is 176 g/mol. The largest absolute Gasteiger partial charge is 0.287 e. The van der Waals surface area contributed by atoms with Gasteiger partial charge in [-0.3, -0.25) is 4.58 Å². The zero-order valence-corrected chi connectivity index (χ0v) is 9.14. The fraction of sp³-hybridized carbons (Fsp3) is 1.00. The van der Waals surface area contributed by atoms with Crippen LogP contribution in [0.2, 0.25) is 19.6 Å². The van der Waals surface area contributed by atoms with E-state index in [9.17, 15) is 0 Å². The van der Waals surface area contributed by atoms with Gasteiger partial charge in [0.15, 0.2) is 0 Å². The molecule has 11 heavy (non-hydrogen) atoms. The molecule has 3 heteroatoms. The average Bonchev–Trinajstić information content (AvgIpc) is 1.85. The van der Waals surface area contributed by atoms with Crippen LogP contribution < -0.4 is 0 Å². The Morgan fingerprint density at radius 3 is 2.18 bits per heavy atom. The van der Waals surface area contributed by atoms with Gasteiger partial charge in [-0.05, 0) is 26.1 Å². The van der Waals surface area contributed by atoms with E-state index < -0.39 is 8.32 Å². The predicted molar refractivity (Wildman–Crippen MR) is 49.9 cm³/mol. The molecule has 0 bridgehead atoms. The van der Waals surface area contributed by atoms with Crippen LogP contribution >= 0.6 is 0 Å². The zero-order chi connectivity index (χ0) is 8.74. The highest BCUT2D eigenvalue weighted by atomic mass is 28.4. The van der Waals surface area contributed by atoms with E-state index in [1.54, 1.807) is 0 Å². The first-order valence-electron chi connectivity index (χ1n) is 4.37. The highest BCUT2D eigenvalue weighted by Crippen LogP contribution is 2.04. The molecule has 0 saturated carbocycles. The van der Waals surface area contributed by atoms with Crippen molar-refractivity contribution in [2.24, 2.45) is 0 Å². The van der Waals surface area contributed by atoms with Crippen LogP contribution in [0.3, 0.4) is 0 Å². The highest BCUT2D eigenvalue weighted by Gasteiger charge is 2.15. The Bertz CT molecular complexity index is 88.6. The second-order valence-corrected chi connectivity index (χ2v) is 8.12. The van der Waals surface area contributed by atoms with Crippen LogP contribution in [0.5, 0.6) is 0 Å². The number of rotatable bonds is 6. The van der Waals surface area contributed by atoms with Gasteiger partial charge in [-0.1, -0.05) is 19.8 Å². The lowest BCUT2D eigenvalue weighted by molar-refractivity contribution is -0.218. The topological polar surface area (TPSA) is 18.5 Å². The molecular formula is C8H20O2Si. The Kier molecular flexibility index (Phi) is 5.82. The van der Waals surface area contributed by atoms with E-state index in [4.69, 9.17) is 9.46 Å². The Labute approximate surface area is 71.0 Å². The van der Waals surface area contributed by atoms with Gasteiger partial charge in [-0.15, -0.1) is 0 Å². The lowest BCUT2D eigenvalue weighted by Crippen LogP contribution is -2.25. The third-order valence-corrected chi connectivity index (χ3v) is 1.76. The third kappa shape index (κ3) is 10.1. The molecule has 0 heterocycles. The lowest BCUT2D eigenvalue weighted by Gasteiger charge is -2.14. The fourth-order valence-electron chi connectivity index (χ4n) is 0.629. The van der Waals surface area contributed by atoms with E-state index in [1.807, 2.05) is 0 Å². The van der Waals surface area contributed by atoms with E-state index >= 15 is 0 Å². The Hall–Kier alpha value is 0.137. The molecule has 0 N–H and O–H groups in total. The minimum Gasteiger partial charge on any atom is -0.287 e. The Balaban J connectivity index is 3.02. The van der Waals surface area contributed by atoms with Crippen molar-refractivity contribution in [2.75, 3.05) is 6.61 Å². The zero-order valence-electron chi connectivity index (χ0n) is 8.14. The first kappa shape index (κ1) is 11.1. The summed E-state index contributed by atoms with van der Waals surface area (Å²) in [6, 6.07) is 0. The molecule has 0 rings (SSSR count). The summed E-state index contributed by atoms with van der Waals surface area (Å²) in [6.07, 6.45) is 3.58. The van der Waals surface area contributed by atoms with Crippen LogP contribution in [0, 0.1) is 0 Å². The number of hydrogen-bond donors (Lipinski definition) is 0. The van der Waals surface area contributed by atoms with Crippen LogP contribution in [0.25, 0.3) is 0 Å². The van der Waals surface area contributed by atoms with Crippen molar-refractivity contribution < 1.29 is 9.46 Å². The third-order valence-electron chi connectivity index (χ3n) is 1.14. The molecular weight excluding hydrogens is 156 g/mol. The van der Waals surface area contributed by atoms with Crippen molar-refractivity contribution in [3.05, 3.63) is 0 Å². The fourth-order valence-corrected chi connectivity index (χ4v) is 1.07. The molecule has 0 amide bonds. The van der Waals surface area contributed by atoms with Crippen molar-refractivity contribution in [1.29, 1.82) is 0 Å². The molecule has 0 aliphatic rings. The van der Waals surface area contributed by atoms with Gasteiger partial charge in [0, 0.05) is 0 Å². The van der Waals surface area contributed by atoms with E-state index in [0.29, 0.717) is 0 Å². The highest BCUT2D eigenvalue weighted by molar-refractivity contribution is 6.69. The van der Waals surface area contributed by atoms with Crippen molar-refractivity contribution in [3.8, 4) is 0 Å². The van der Waals surface area contributed by atoms with Crippen molar-refractivity contribution >= 4 is 8.32 Å². The molecule has 0 aliphatic carbocycles. The molecule has 0 spiro atoms. The van der Waals surface area contributed by atoms with Gasteiger partial charge in [-0.2, -0.15) is 0 Å². The van der Waals surface area contributed by atoms with Crippen LogP contribution in [0.1, 0.15) is 26.2 Å². The minimum absolute atomic E-state index is 0.748. The van der Waals surface area contributed by atoms with Crippen LogP contribution in [-0.2, 0) is 9.46 Å². The molecule has 68 valence electrons. The van der Waals surface area contributed by atoms with E-state index in [-0.39, 0.29) is 0 Å². The maximum Gasteiger partial charge on any atom is 0.230 e. The summed E-state index contributed by atoms with van der Waals surface area (Å²) in [6.45, 7) is 9.28. The van der Waals surface area contributed by atoms with Crippen LogP contribution in [-0.4, -0.2) is 14.9 Å². The second kappa shape index (κ2) is 5.74. The van der Waals surface area contributed by atoms with Gasteiger partial charge in [-0.25, -0.2) is 4.89 Å². The average molecular weight is 176 g/mol. The first-order chi connectivity index (χ1) is 5.06. The molecule has 2 nitrogen and oxygen atoms in total. The summed E-state index contributed by atoms with van der Waals surface area (Å²) < 4.78 is 5.21. The summed E-state index contributed by atoms with van der Waals surface area (Å²) in [4.78, 5) is 5.06. The first-order valence-corrected chi connectivity index (χ1v) is 7.77. The molecule has 0 aromatic rings. The summed E-state index contributed by atoms with van der Waals surface area (Å²) in [5, 5.41) is 0. The Morgan fingerprint density at radius 2 is 1.73 bits per heavy atom. The maximum absolute atomic E-state index is 5.21. The van der Waals surface area contributed by atoms with Crippen LogP contribution in [0.4, 0.5) is 0 Å². The molecule has 0 radical (unpaired) electrons. The smallest absolute Gasteiger partial charge is 0.230 e. The van der Waals surface area contributed by atoms with Gasteiger partial charge in [0.05, 0.1) is 6.61 Å². The lowest BCUT2D eigenvalue weighted by atomic mass is 10.3. The quantitative estimate of drug-likeness (QED) is 0.268. The molecule has 0 fully saturated rings. The van der Waals surface area contributed by atoms with Gasteiger partial charge in [0.25, 0.3) is 0 Å².